The molecule has 0 saturated heterocycles. The summed E-state index contributed by atoms with van der Waals surface area (Å²) in [6.07, 6.45) is 1.04. The van der Waals surface area contributed by atoms with Gasteiger partial charge in [0, 0.05) is 18.3 Å². The second kappa shape index (κ2) is 3.37. The number of amides is 1. The van der Waals surface area contributed by atoms with Gasteiger partial charge in [-0.15, -0.1) is 0 Å². The molecular formula is C11H14N2O3. The van der Waals surface area contributed by atoms with Crippen LogP contribution in [0.25, 0.3) is 0 Å². The molecule has 1 amide bonds. The van der Waals surface area contributed by atoms with Crippen LogP contribution in [0.4, 0.5) is 4.79 Å². The molecule has 16 heavy (non-hydrogen) atoms. The molecule has 86 valence electrons. The molecule has 0 saturated carbocycles. The topological polar surface area (TPSA) is 60.3 Å². The van der Waals surface area contributed by atoms with Crippen molar-refractivity contribution >= 4 is 12.0 Å². The molecule has 0 aromatic carbocycles. The van der Waals surface area contributed by atoms with Gasteiger partial charge in [-0.25, -0.2) is 9.36 Å². The van der Waals surface area contributed by atoms with Crippen molar-refractivity contribution in [1.29, 1.82) is 0 Å². The summed E-state index contributed by atoms with van der Waals surface area (Å²) >= 11 is 0. The Kier molecular flexibility index (Phi) is 2.26. The van der Waals surface area contributed by atoms with Gasteiger partial charge >= 0.3 is 6.09 Å². The summed E-state index contributed by atoms with van der Waals surface area (Å²) in [5.74, 6) is -0.231. The maximum Gasteiger partial charge on any atom is 0.419 e. The Labute approximate surface area is 93.4 Å². The van der Waals surface area contributed by atoms with Crippen LogP contribution >= 0.6 is 0 Å². The van der Waals surface area contributed by atoms with Crippen LogP contribution in [0.2, 0.25) is 0 Å². The summed E-state index contributed by atoms with van der Waals surface area (Å²) in [5.41, 5.74) is 0.647. The fraction of sp³-hybridized carbons (Fsp3) is 0.455. The number of carbonyl (C=O) groups excluding carboxylic acids is 2. The van der Waals surface area contributed by atoms with E-state index in [0.717, 1.165) is 5.56 Å². The van der Waals surface area contributed by atoms with Crippen molar-refractivity contribution in [2.75, 3.05) is 0 Å². The molecule has 1 aromatic rings. The molecule has 5 heteroatoms. The van der Waals surface area contributed by atoms with Gasteiger partial charge in [0.2, 0.25) is 0 Å². The number of nitrogens with one attached hydrogen (secondary N) is 1. The maximum absolute atomic E-state index is 11.8. The van der Waals surface area contributed by atoms with E-state index < -0.39 is 11.7 Å². The second-order valence-corrected chi connectivity index (χ2v) is 4.72. The average molecular weight is 222 g/mol. The number of carbonyl (C=O) groups is 2. The van der Waals surface area contributed by atoms with Gasteiger partial charge in [0.1, 0.15) is 11.3 Å². The number of hydrogen-bond acceptors (Lipinski definition) is 3. The van der Waals surface area contributed by atoms with Crippen LogP contribution < -0.4 is 5.32 Å². The van der Waals surface area contributed by atoms with Crippen LogP contribution in [-0.2, 0) is 11.3 Å². The highest BCUT2D eigenvalue weighted by molar-refractivity contribution is 5.99. The van der Waals surface area contributed by atoms with E-state index in [2.05, 4.69) is 5.32 Å². The first kappa shape index (κ1) is 10.7. The van der Waals surface area contributed by atoms with Crippen molar-refractivity contribution in [3.63, 3.8) is 0 Å². The predicted molar refractivity (Wildman–Crippen MR) is 57.2 cm³/mol. The number of ether oxygens (including phenoxy) is 1. The summed E-state index contributed by atoms with van der Waals surface area (Å²) in [6, 6.07) is 1.75. The van der Waals surface area contributed by atoms with Gasteiger partial charge in [0.15, 0.2) is 0 Å². The Hall–Kier alpha value is -1.78. The Morgan fingerprint density at radius 2 is 2.19 bits per heavy atom. The van der Waals surface area contributed by atoms with Gasteiger partial charge < -0.3 is 10.1 Å². The number of rotatable bonds is 0. The summed E-state index contributed by atoms with van der Waals surface area (Å²) in [4.78, 5) is 23.3. The van der Waals surface area contributed by atoms with Gasteiger partial charge in [0.05, 0.1) is 0 Å². The standard InChI is InChI=1S/C11H14N2O3/c1-11(2,3)16-10(15)13-5-4-7-6-12-9(14)8(7)13/h4-5H,6H2,1-3H3,(H,12,14). The van der Waals surface area contributed by atoms with E-state index in [9.17, 15) is 9.59 Å². The molecule has 1 aliphatic heterocycles. The van der Waals surface area contributed by atoms with Crippen molar-refractivity contribution in [1.82, 2.24) is 9.88 Å². The Morgan fingerprint density at radius 1 is 1.50 bits per heavy atom. The summed E-state index contributed by atoms with van der Waals surface area (Å²) < 4.78 is 6.45. The minimum Gasteiger partial charge on any atom is -0.443 e. The number of fused-ring (bicyclic) bond motifs is 1. The van der Waals surface area contributed by atoms with Crippen molar-refractivity contribution in [2.24, 2.45) is 0 Å². The third-order valence-electron chi connectivity index (χ3n) is 2.21. The molecule has 0 fully saturated rings. The molecule has 1 aromatic heterocycles. The molecule has 2 heterocycles. The highest BCUT2D eigenvalue weighted by Gasteiger charge is 2.28. The lowest BCUT2D eigenvalue weighted by molar-refractivity contribution is 0.0528. The van der Waals surface area contributed by atoms with E-state index in [1.807, 2.05) is 0 Å². The highest BCUT2D eigenvalue weighted by atomic mass is 16.6. The van der Waals surface area contributed by atoms with Crippen LogP contribution in [0, 0.1) is 0 Å². The molecule has 0 radical (unpaired) electrons. The minimum absolute atomic E-state index is 0.231. The van der Waals surface area contributed by atoms with E-state index in [0.29, 0.717) is 12.2 Å². The fourth-order valence-corrected chi connectivity index (χ4v) is 1.59. The quantitative estimate of drug-likeness (QED) is 0.723. The third kappa shape index (κ3) is 1.80. The van der Waals surface area contributed by atoms with E-state index in [1.54, 1.807) is 33.0 Å². The van der Waals surface area contributed by atoms with Crippen molar-refractivity contribution in [3.8, 4) is 0 Å². The minimum atomic E-state index is -0.566. The number of hydrogen-bond donors (Lipinski definition) is 1. The van der Waals surface area contributed by atoms with Crippen molar-refractivity contribution < 1.29 is 14.3 Å². The van der Waals surface area contributed by atoms with Gasteiger partial charge in [0.25, 0.3) is 5.91 Å². The van der Waals surface area contributed by atoms with Gasteiger partial charge in [-0.05, 0) is 26.8 Å². The molecule has 0 unspecified atom stereocenters. The second-order valence-electron chi connectivity index (χ2n) is 4.72. The Bertz CT molecular complexity index is 454. The van der Waals surface area contributed by atoms with Crippen LogP contribution in [0.1, 0.15) is 36.8 Å². The Morgan fingerprint density at radius 3 is 2.81 bits per heavy atom. The van der Waals surface area contributed by atoms with Crippen LogP contribution in [0.3, 0.4) is 0 Å². The first-order valence-electron chi connectivity index (χ1n) is 5.10. The van der Waals surface area contributed by atoms with E-state index in [1.165, 1.54) is 4.57 Å². The number of aromatic nitrogens is 1. The molecule has 0 spiro atoms. The predicted octanol–water partition coefficient (Wildman–Crippen LogP) is 1.51. The average Bonchev–Trinajstić information content (AvgIpc) is 2.66. The molecule has 1 N–H and O–H groups in total. The molecule has 5 nitrogen and oxygen atoms in total. The molecule has 2 rings (SSSR count). The van der Waals surface area contributed by atoms with Gasteiger partial charge in [-0.1, -0.05) is 0 Å². The SMILES string of the molecule is CC(C)(C)OC(=O)n1ccc2c1C(=O)NC2. The van der Waals surface area contributed by atoms with E-state index >= 15 is 0 Å². The smallest absolute Gasteiger partial charge is 0.419 e. The largest absolute Gasteiger partial charge is 0.443 e. The Balaban J connectivity index is 2.29. The normalized spacial score (nSPS) is 14.6. The zero-order valence-electron chi connectivity index (χ0n) is 9.53. The van der Waals surface area contributed by atoms with E-state index in [4.69, 9.17) is 4.74 Å². The molecule has 0 aliphatic carbocycles. The molecule has 0 atom stereocenters. The van der Waals surface area contributed by atoms with Crippen molar-refractivity contribution in [3.05, 3.63) is 23.5 Å². The van der Waals surface area contributed by atoms with E-state index in [-0.39, 0.29) is 5.91 Å². The highest BCUT2D eigenvalue weighted by Crippen LogP contribution is 2.18. The van der Waals surface area contributed by atoms with Crippen molar-refractivity contribution in [2.45, 2.75) is 32.9 Å². The maximum atomic E-state index is 11.8. The zero-order valence-corrected chi connectivity index (χ0v) is 9.53. The summed E-state index contributed by atoms with van der Waals surface area (Å²) in [5, 5.41) is 2.66. The molecular weight excluding hydrogens is 208 g/mol. The summed E-state index contributed by atoms with van der Waals surface area (Å²) in [6.45, 7) is 5.84. The lowest BCUT2D eigenvalue weighted by Gasteiger charge is -2.19. The van der Waals surface area contributed by atoms with Gasteiger partial charge in [-0.2, -0.15) is 0 Å². The molecule has 1 aliphatic rings. The lowest BCUT2D eigenvalue weighted by atomic mass is 10.2. The number of nitrogens with zero attached hydrogens (tertiary/aromatic N) is 1. The third-order valence-corrected chi connectivity index (χ3v) is 2.21. The monoisotopic (exact) mass is 222 g/mol. The van der Waals surface area contributed by atoms with Crippen LogP contribution in [0.15, 0.2) is 12.3 Å². The zero-order chi connectivity index (χ0) is 11.9. The first-order valence-corrected chi connectivity index (χ1v) is 5.10. The van der Waals surface area contributed by atoms with Gasteiger partial charge in [-0.3, -0.25) is 4.79 Å². The summed E-state index contributed by atoms with van der Waals surface area (Å²) in [7, 11) is 0. The fourth-order valence-electron chi connectivity index (χ4n) is 1.59. The van der Waals surface area contributed by atoms with Crippen LogP contribution in [0.5, 0.6) is 0 Å². The molecule has 0 bridgehead atoms. The van der Waals surface area contributed by atoms with Crippen LogP contribution in [-0.4, -0.2) is 22.2 Å². The first-order chi connectivity index (χ1) is 7.38. The lowest BCUT2D eigenvalue weighted by Crippen LogP contribution is -2.29.